The maximum absolute atomic E-state index is 9.50. The Morgan fingerprint density at radius 1 is 0.595 bits per heavy atom. The predicted octanol–water partition coefficient (Wildman–Crippen LogP) is 8.76. The van der Waals surface area contributed by atoms with Gasteiger partial charge in [0.15, 0.2) is 0 Å². The summed E-state index contributed by atoms with van der Waals surface area (Å²) in [5.41, 5.74) is 4.74. The molecule has 1 heterocycles. The molecule has 1 aliphatic heterocycles. The van der Waals surface area contributed by atoms with E-state index in [9.17, 15) is 5.11 Å². The summed E-state index contributed by atoms with van der Waals surface area (Å²) in [6.45, 7) is 2.14. The molecule has 0 saturated carbocycles. The van der Waals surface area contributed by atoms with Crippen LogP contribution in [-0.4, -0.2) is 17.4 Å². The van der Waals surface area contributed by atoms with Gasteiger partial charge in [0.05, 0.1) is 22.7 Å². The summed E-state index contributed by atoms with van der Waals surface area (Å²) in [5.74, 6) is 0. The van der Waals surface area contributed by atoms with E-state index in [-0.39, 0.29) is 6.61 Å². The highest BCUT2D eigenvalue weighted by Gasteiger charge is 2.29. The van der Waals surface area contributed by atoms with E-state index >= 15 is 0 Å². The van der Waals surface area contributed by atoms with Crippen molar-refractivity contribution in [1.82, 2.24) is 0 Å². The molecule has 0 bridgehead atoms. The first kappa shape index (κ1) is 22.8. The molecule has 5 aromatic rings. The van der Waals surface area contributed by atoms with Crippen molar-refractivity contribution in [2.45, 2.75) is 19.0 Å². The van der Waals surface area contributed by atoms with Crippen LogP contribution in [0.1, 0.15) is 13.3 Å². The fourth-order valence-electron chi connectivity index (χ4n) is 4.82. The van der Waals surface area contributed by atoms with Crippen LogP contribution in [0.5, 0.6) is 0 Å². The van der Waals surface area contributed by atoms with Crippen LogP contribution in [0.15, 0.2) is 118 Å². The van der Waals surface area contributed by atoms with Gasteiger partial charge in [-0.3, -0.25) is 0 Å². The minimum Gasteiger partial charge on any atom is -0.396 e. The second-order valence-electron chi connectivity index (χ2n) is 9.30. The summed E-state index contributed by atoms with van der Waals surface area (Å²) < 4.78 is 0. The van der Waals surface area contributed by atoms with Gasteiger partial charge in [-0.1, -0.05) is 54.6 Å². The van der Waals surface area contributed by atoms with E-state index in [2.05, 4.69) is 43.2 Å². The third-order valence-corrected chi connectivity index (χ3v) is 6.62. The third kappa shape index (κ3) is 4.41. The zero-order valence-electron chi connectivity index (χ0n) is 20.4. The number of fused-ring (bicyclic) bond motifs is 1. The van der Waals surface area contributed by atoms with Gasteiger partial charge in [0.2, 0.25) is 0 Å². The largest absolute Gasteiger partial charge is 0.396 e. The lowest BCUT2D eigenvalue weighted by Crippen LogP contribution is -2.45. The fourth-order valence-corrected chi connectivity index (χ4v) is 4.82. The van der Waals surface area contributed by atoms with Crippen LogP contribution in [0.25, 0.3) is 21.5 Å². The molecule has 0 radical (unpaired) electrons. The van der Waals surface area contributed by atoms with Gasteiger partial charge in [-0.05, 0) is 49.4 Å². The Bertz CT molecular complexity index is 1650. The number of rotatable bonds is 6. The van der Waals surface area contributed by atoms with Gasteiger partial charge >= 0.3 is 0 Å². The average Bonchev–Trinajstić information content (AvgIpc) is 2.92. The first-order valence-corrected chi connectivity index (χ1v) is 12.3. The Morgan fingerprint density at radius 3 is 1.81 bits per heavy atom. The molecule has 7 nitrogen and oxygen atoms in total. The molecule has 6 rings (SSSR count). The van der Waals surface area contributed by atoms with Crippen molar-refractivity contribution < 1.29 is 5.11 Å². The van der Waals surface area contributed by atoms with Crippen molar-refractivity contribution in [3.63, 3.8) is 0 Å². The molecule has 0 saturated heterocycles. The first-order valence-electron chi connectivity index (χ1n) is 12.3. The second-order valence-corrected chi connectivity index (χ2v) is 9.30. The molecule has 3 N–H and O–H groups in total. The topological polar surface area (TPSA) is 93.7 Å². The third-order valence-electron chi connectivity index (χ3n) is 6.62. The highest BCUT2D eigenvalue weighted by Crippen LogP contribution is 2.43. The number of nitrogens with zero attached hydrogens (tertiary/aromatic N) is 4. The van der Waals surface area contributed by atoms with Gasteiger partial charge in [-0.2, -0.15) is 5.11 Å². The highest BCUT2D eigenvalue weighted by atomic mass is 16.3. The molecule has 7 heteroatoms. The van der Waals surface area contributed by atoms with E-state index in [4.69, 9.17) is 0 Å². The van der Waals surface area contributed by atoms with Crippen LogP contribution >= 0.6 is 0 Å². The van der Waals surface area contributed by atoms with Crippen molar-refractivity contribution in [3.8, 4) is 0 Å². The van der Waals surface area contributed by atoms with Gasteiger partial charge in [-0.25, -0.2) is 0 Å². The maximum Gasteiger partial charge on any atom is 0.107 e. The van der Waals surface area contributed by atoms with Crippen molar-refractivity contribution in [2.24, 2.45) is 20.5 Å². The molecule has 37 heavy (non-hydrogen) atoms. The van der Waals surface area contributed by atoms with E-state index in [1.807, 2.05) is 91.9 Å². The zero-order valence-corrected chi connectivity index (χ0v) is 20.4. The number of aliphatic hydroxyl groups is 1. The summed E-state index contributed by atoms with van der Waals surface area (Å²) in [6, 6.07) is 31.7. The molecule has 1 atom stereocenters. The minimum atomic E-state index is -0.419. The van der Waals surface area contributed by atoms with Crippen LogP contribution in [-0.2, 0) is 0 Å². The Balaban J connectivity index is 1.36. The second kappa shape index (κ2) is 9.44. The van der Waals surface area contributed by atoms with E-state index in [0.29, 0.717) is 6.42 Å². The molecule has 0 fully saturated rings. The van der Waals surface area contributed by atoms with E-state index < -0.39 is 5.66 Å². The lowest BCUT2D eigenvalue weighted by Gasteiger charge is -2.38. The molecule has 1 unspecified atom stereocenters. The van der Waals surface area contributed by atoms with Gasteiger partial charge in [0, 0.05) is 45.9 Å². The molecular weight excluding hydrogens is 460 g/mol. The summed E-state index contributed by atoms with van der Waals surface area (Å²) in [7, 11) is 0. The molecule has 0 amide bonds. The van der Waals surface area contributed by atoms with Crippen molar-refractivity contribution in [1.29, 1.82) is 0 Å². The van der Waals surface area contributed by atoms with Crippen LogP contribution in [0.3, 0.4) is 0 Å². The number of anilines is 2. The lowest BCUT2D eigenvalue weighted by molar-refractivity contribution is 0.263. The molecule has 0 spiro atoms. The highest BCUT2D eigenvalue weighted by molar-refractivity contribution is 6.09. The van der Waals surface area contributed by atoms with E-state index in [0.717, 1.165) is 55.7 Å². The number of nitrogens with one attached hydrogen (secondary N) is 2. The van der Waals surface area contributed by atoms with Crippen molar-refractivity contribution in [2.75, 3.05) is 17.2 Å². The standard InChI is InChI=1S/C30H26N6O/c1-30(18-19-37)31-27-13-7-12-23-26(16-17-28(32-30)29(23)27)36-35-25-15-14-24(21-10-5-6-11-22(21)25)34-33-20-8-3-2-4-9-20/h2-17,31-32,37H,18-19H2,1H3/b34-33+,36-35?. The van der Waals surface area contributed by atoms with Crippen LogP contribution < -0.4 is 10.6 Å². The number of azo groups is 2. The predicted molar refractivity (Wildman–Crippen MR) is 150 cm³/mol. The monoisotopic (exact) mass is 486 g/mol. The summed E-state index contributed by atoms with van der Waals surface area (Å²) in [4.78, 5) is 0. The van der Waals surface area contributed by atoms with Crippen LogP contribution in [0.4, 0.5) is 34.1 Å². The first-order chi connectivity index (χ1) is 18.1. The number of benzene rings is 5. The Labute approximate surface area is 214 Å². The Kier molecular flexibility index (Phi) is 5.82. The van der Waals surface area contributed by atoms with Gasteiger partial charge in [0.25, 0.3) is 0 Å². The summed E-state index contributed by atoms with van der Waals surface area (Å²) in [5, 5.41) is 38.7. The molecule has 1 aliphatic rings. The fraction of sp³-hybridized carbons (Fsp3) is 0.133. The normalized spacial score (nSPS) is 16.9. The SMILES string of the molecule is CC1(CCO)Nc2cccc3c(N=Nc4ccc(/N=N/c5ccccc5)c5ccccc45)ccc(c23)N1. The zero-order chi connectivity index (χ0) is 25.2. The Hall–Kier alpha value is -4.62. The molecule has 0 aromatic heterocycles. The quantitative estimate of drug-likeness (QED) is 0.209. The molecule has 182 valence electrons. The average molecular weight is 487 g/mol. The minimum absolute atomic E-state index is 0.0917. The summed E-state index contributed by atoms with van der Waals surface area (Å²) >= 11 is 0. The maximum atomic E-state index is 9.50. The molecule has 0 aliphatic carbocycles. The van der Waals surface area contributed by atoms with Crippen LogP contribution in [0.2, 0.25) is 0 Å². The van der Waals surface area contributed by atoms with Gasteiger partial charge in [0.1, 0.15) is 5.66 Å². The van der Waals surface area contributed by atoms with Gasteiger partial charge < -0.3 is 15.7 Å². The molecular formula is C30H26N6O. The van der Waals surface area contributed by atoms with Crippen molar-refractivity contribution in [3.05, 3.63) is 97.1 Å². The smallest absolute Gasteiger partial charge is 0.107 e. The van der Waals surface area contributed by atoms with E-state index in [1.54, 1.807) is 0 Å². The van der Waals surface area contributed by atoms with Crippen LogP contribution in [0, 0.1) is 0 Å². The van der Waals surface area contributed by atoms with E-state index in [1.165, 1.54) is 0 Å². The Morgan fingerprint density at radius 2 is 1.14 bits per heavy atom. The van der Waals surface area contributed by atoms with Crippen molar-refractivity contribution >= 4 is 55.7 Å². The molecule has 5 aromatic carbocycles. The lowest BCUT2D eigenvalue weighted by atomic mass is 9.97. The van der Waals surface area contributed by atoms with Gasteiger partial charge in [-0.15, -0.1) is 15.3 Å². The summed E-state index contributed by atoms with van der Waals surface area (Å²) in [6.07, 6.45) is 0.582. The number of aliphatic hydroxyl groups excluding tert-OH is 1. The number of hydrogen-bond donors (Lipinski definition) is 3. The number of hydrogen-bond acceptors (Lipinski definition) is 7.